The quantitative estimate of drug-likeness (QED) is 0.844. The topological polar surface area (TPSA) is 80.1 Å². The average Bonchev–Trinajstić information content (AvgIpc) is 2.95. The van der Waals surface area contributed by atoms with Crippen LogP contribution in [0.1, 0.15) is 25.7 Å². The molecule has 2 aliphatic rings. The summed E-state index contributed by atoms with van der Waals surface area (Å²) in [6, 6.07) is 0.533. The summed E-state index contributed by atoms with van der Waals surface area (Å²) in [4.78, 5) is 2.46. The summed E-state index contributed by atoms with van der Waals surface area (Å²) in [5.74, 6) is 0. The molecule has 7 nitrogen and oxygen atoms in total. The molecule has 2 aliphatic heterocycles. The maximum Gasteiger partial charge on any atom is 0.260 e. The van der Waals surface area contributed by atoms with Crippen molar-refractivity contribution in [2.45, 2.75) is 42.8 Å². The van der Waals surface area contributed by atoms with Crippen molar-refractivity contribution in [3.8, 4) is 0 Å². The minimum Gasteiger partial charge on any atom is -0.300 e. The first-order valence-electron chi connectivity index (χ1n) is 6.79. The molecule has 0 radical (unpaired) electrons. The lowest BCUT2D eigenvalue weighted by molar-refractivity contribution is 0.176. The third-order valence-electron chi connectivity index (χ3n) is 4.13. The normalized spacial score (nSPS) is 27.7. The molecule has 3 rings (SSSR count). The van der Waals surface area contributed by atoms with Crippen molar-refractivity contribution in [2.75, 3.05) is 13.1 Å². The van der Waals surface area contributed by atoms with Crippen LogP contribution >= 0.6 is 15.9 Å². The van der Waals surface area contributed by atoms with Gasteiger partial charge in [0.05, 0.1) is 0 Å². The van der Waals surface area contributed by atoms with Crippen LogP contribution in [0.4, 0.5) is 0 Å². The fraction of sp³-hybridized carbons (Fsp3) is 0.818. The van der Waals surface area contributed by atoms with Crippen molar-refractivity contribution in [3.63, 3.8) is 0 Å². The molecule has 0 amide bonds. The molecule has 2 unspecified atom stereocenters. The summed E-state index contributed by atoms with van der Waals surface area (Å²) in [5.41, 5.74) is 0. The molecule has 0 aliphatic carbocycles. The van der Waals surface area contributed by atoms with Gasteiger partial charge in [0, 0.05) is 19.1 Å². The predicted molar refractivity (Wildman–Crippen MR) is 76.6 cm³/mol. The van der Waals surface area contributed by atoms with Crippen molar-refractivity contribution in [2.24, 2.45) is 7.05 Å². The van der Waals surface area contributed by atoms with E-state index >= 15 is 0 Å². The molecule has 0 aromatic carbocycles. The summed E-state index contributed by atoms with van der Waals surface area (Å²) in [6.07, 6.45) is 4.15. The molecule has 0 spiro atoms. The Labute approximate surface area is 126 Å². The molecule has 9 heteroatoms. The Morgan fingerprint density at radius 2 is 2.15 bits per heavy atom. The Kier molecular flexibility index (Phi) is 3.87. The highest BCUT2D eigenvalue weighted by Crippen LogP contribution is 2.28. The van der Waals surface area contributed by atoms with Crippen molar-refractivity contribution >= 4 is 26.0 Å². The summed E-state index contributed by atoms with van der Waals surface area (Å²) >= 11 is 3.14. The number of aryl methyl sites for hydroxylation is 1. The van der Waals surface area contributed by atoms with Gasteiger partial charge in [-0.25, -0.2) is 17.8 Å². The van der Waals surface area contributed by atoms with E-state index in [-0.39, 0.29) is 15.7 Å². The molecule has 112 valence electrons. The van der Waals surface area contributed by atoms with Gasteiger partial charge in [-0.2, -0.15) is 0 Å². The van der Waals surface area contributed by atoms with Gasteiger partial charge in [0.25, 0.3) is 10.0 Å². The van der Waals surface area contributed by atoms with E-state index in [1.165, 1.54) is 17.5 Å². The maximum absolute atomic E-state index is 12.4. The summed E-state index contributed by atoms with van der Waals surface area (Å²) < 4.78 is 29.2. The molecule has 2 fully saturated rings. The van der Waals surface area contributed by atoms with Crippen LogP contribution in [0.25, 0.3) is 0 Å². The summed E-state index contributed by atoms with van der Waals surface area (Å²) in [6.45, 7) is 2.13. The third-order valence-corrected chi connectivity index (χ3v) is 6.54. The van der Waals surface area contributed by atoms with Gasteiger partial charge < -0.3 is 4.90 Å². The summed E-state index contributed by atoms with van der Waals surface area (Å²) in [7, 11) is -2.01. The maximum atomic E-state index is 12.4. The lowest BCUT2D eigenvalue weighted by atomic mass is 9.99. The fourth-order valence-electron chi connectivity index (χ4n) is 3.21. The molecule has 1 aromatic rings. The Morgan fingerprint density at radius 1 is 1.35 bits per heavy atom. The van der Waals surface area contributed by atoms with Crippen molar-refractivity contribution < 1.29 is 8.42 Å². The molecule has 20 heavy (non-hydrogen) atoms. The van der Waals surface area contributed by atoms with Crippen LogP contribution in [0.15, 0.2) is 9.63 Å². The Morgan fingerprint density at radius 3 is 2.85 bits per heavy atom. The number of piperidine rings is 1. The number of hydrogen-bond donors (Lipinski definition) is 1. The number of fused-ring (bicyclic) bond motifs is 1. The van der Waals surface area contributed by atoms with Gasteiger partial charge in [0.1, 0.15) is 0 Å². The van der Waals surface area contributed by atoms with Crippen molar-refractivity contribution in [1.82, 2.24) is 24.6 Å². The summed E-state index contributed by atoms with van der Waals surface area (Å²) in [5, 5.41) is 7.54. The molecular weight excluding hydrogens is 346 g/mol. The highest BCUT2D eigenvalue weighted by molar-refractivity contribution is 9.10. The van der Waals surface area contributed by atoms with Gasteiger partial charge in [-0.3, -0.25) is 0 Å². The van der Waals surface area contributed by atoms with Gasteiger partial charge in [0.2, 0.25) is 5.03 Å². The van der Waals surface area contributed by atoms with E-state index in [0.717, 1.165) is 25.9 Å². The average molecular weight is 364 g/mol. The van der Waals surface area contributed by atoms with Gasteiger partial charge in [0.15, 0.2) is 4.60 Å². The van der Waals surface area contributed by atoms with Crippen LogP contribution in [0.2, 0.25) is 0 Å². The standard InChI is InChI=1S/C11H18BrN5O2S/c1-16-11(10(12)13-15-16)20(18,19)14-8-4-6-17-5-2-3-9(17)7-8/h8-9,14H,2-7H2,1H3. The number of aromatic nitrogens is 3. The van der Waals surface area contributed by atoms with Crippen LogP contribution in [-0.4, -0.2) is 53.5 Å². The number of hydrogen-bond acceptors (Lipinski definition) is 5. The zero-order chi connectivity index (χ0) is 14.3. The Balaban J connectivity index is 1.74. The second kappa shape index (κ2) is 5.36. The van der Waals surface area contributed by atoms with E-state index in [0.29, 0.717) is 6.04 Å². The van der Waals surface area contributed by atoms with Crippen molar-refractivity contribution in [3.05, 3.63) is 4.60 Å². The predicted octanol–water partition coefficient (Wildman–Crippen LogP) is 0.483. The molecule has 0 saturated carbocycles. The van der Waals surface area contributed by atoms with Gasteiger partial charge >= 0.3 is 0 Å². The van der Waals surface area contributed by atoms with E-state index < -0.39 is 10.0 Å². The number of halogens is 1. The zero-order valence-corrected chi connectivity index (χ0v) is 13.7. The second-order valence-electron chi connectivity index (χ2n) is 5.48. The number of rotatable bonds is 3. The molecular formula is C11H18BrN5O2S. The number of nitrogens with one attached hydrogen (secondary N) is 1. The largest absolute Gasteiger partial charge is 0.300 e. The van der Waals surface area contributed by atoms with E-state index in [4.69, 9.17) is 0 Å². The van der Waals surface area contributed by atoms with Crippen molar-refractivity contribution in [1.29, 1.82) is 0 Å². The minimum atomic E-state index is -3.58. The van der Waals surface area contributed by atoms with E-state index in [2.05, 4.69) is 35.9 Å². The lowest BCUT2D eigenvalue weighted by Gasteiger charge is -2.34. The molecule has 0 bridgehead atoms. The lowest BCUT2D eigenvalue weighted by Crippen LogP contribution is -2.47. The Bertz CT molecular complexity index is 582. The zero-order valence-electron chi connectivity index (χ0n) is 11.3. The van der Waals surface area contributed by atoms with Crippen LogP contribution in [0, 0.1) is 0 Å². The number of nitrogens with zero attached hydrogens (tertiary/aromatic N) is 4. The molecule has 2 saturated heterocycles. The van der Waals surface area contributed by atoms with Crippen LogP contribution in [-0.2, 0) is 17.1 Å². The highest BCUT2D eigenvalue weighted by Gasteiger charge is 2.35. The number of sulfonamides is 1. The smallest absolute Gasteiger partial charge is 0.260 e. The fourth-order valence-corrected chi connectivity index (χ4v) is 5.59. The monoisotopic (exact) mass is 363 g/mol. The van der Waals surface area contributed by atoms with E-state index in [1.807, 2.05) is 0 Å². The van der Waals surface area contributed by atoms with E-state index in [9.17, 15) is 8.42 Å². The molecule has 3 heterocycles. The molecule has 1 N–H and O–H groups in total. The van der Waals surface area contributed by atoms with Crippen LogP contribution < -0.4 is 4.72 Å². The second-order valence-corrected chi connectivity index (χ2v) is 7.86. The SMILES string of the molecule is Cn1nnc(Br)c1S(=O)(=O)NC1CCN2CCCC2C1. The molecule has 1 aromatic heterocycles. The first kappa shape index (κ1) is 14.4. The third kappa shape index (κ3) is 2.63. The minimum absolute atomic E-state index is 0.00106. The first-order valence-corrected chi connectivity index (χ1v) is 9.06. The van der Waals surface area contributed by atoms with E-state index in [1.54, 1.807) is 7.05 Å². The van der Waals surface area contributed by atoms with Crippen LogP contribution in [0.5, 0.6) is 0 Å². The molecule has 2 atom stereocenters. The van der Waals surface area contributed by atoms with Crippen LogP contribution in [0.3, 0.4) is 0 Å². The van der Waals surface area contributed by atoms with Gasteiger partial charge in [-0.05, 0) is 54.7 Å². The van der Waals surface area contributed by atoms with Gasteiger partial charge in [-0.1, -0.05) is 5.21 Å². The van der Waals surface area contributed by atoms with Gasteiger partial charge in [-0.15, -0.1) is 5.10 Å². The Hall–Kier alpha value is -0.510. The highest BCUT2D eigenvalue weighted by atomic mass is 79.9. The first-order chi connectivity index (χ1) is 9.47.